The lowest BCUT2D eigenvalue weighted by molar-refractivity contribution is -0.948. The fourth-order valence-electron chi connectivity index (χ4n) is 3.81. The summed E-state index contributed by atoms with van der Waals surface area (Å²) in [4.78, 5) is 12.6. The number of benzene rings is 2. The van der Waals surface area contributed by atoms with Crippen molar-refractivity contribution in [3.8, 4) is 0 Å². The quantitative estimate of drug-likeness (QED) is 0.471. The number of carbonyl (C=O) groups excluding carboxylic acids is 1. The maximum absolute atomic E-state index is 12.6. The van der Waals surface area contributed by atoms with Gasteiger partial charge in [-0.2, -0.15) is 0 Å². The van der Waals surface area contributed by atoms with Crippen LogP contribution in [0.4, 0.5) is 0 Å². The number of likely N-dealkylation sites (N-methyl/N-ethyl adjacent to an activating group) is 1. The number of quaternary nitrogens is 1. The summed E-state index contributed by atoms with van der Waals surface area (Å²) in [5.41, 5.74) is 0.659. The molecule has 3 heteroatoms. The Morgan fingerprint density at radius 1 is 1.04 bits per heavy atom. The minimum Gasteiger partial charge on any atom is -0.456 e. The molecule has 0 amide bonds. The molecule has 25 heavy (non-hydrogen) atoms. The molecule has 0 aliphatic carbocycles. The minimum absolute atomic E-state index is 0.216. The number of fused-ring (bicyclic) bond motifs is 1. The maximum Gasteiger partial charge on any atom is 0.338 e. The highest BCUT2D eigenvalue weighted by atomic mass is 16.5. The fourth-order valence-corrected chi connectivity index (χ4v) is 3.81. The summed E-state index contributed by atoms with van der Waals surface area (Å²) < 4.78 is 6.70. The molecule has 0 bridgehead atoms. The molecule has 0 aliphatic heterocycles. The van der Waals surface area contributed by atoms with Gasteiger partial charge >= 0.3 is 5.97 Å². The molecule has 0 radical (unpaired) electrons. The van der Waals surface area contributed by atoms with Gasteiger partial charge in [0.05, 0.1) is 24.7 Å². The van der Waals surface area contributed by atoms with E-state index in [1.807, 2.05) is 42.5 Å². The first-order chi connectivity index (χ1) is 12.1. The molecule has 2 aromatic carbocycles. The second-order valence-corrected chi connectivity index (χ2v) is 6.90. The van der Waals surface area contributed by atoms with E-state index in [0.29, 0.717) is 18.2 Å². The third-order valence-electron chi connectivity index (χ3n) is 5.60. The highest BCUT2D eigenvalue weighted by Gasteiger charge is 2.30. The molecule has 3 nitrogen and oxygen atoms in total. The van der Waals surface area contributed by atoms with Gasteiger partial charge in [0.25, 0.3) is 0 Å². The molecule has 0 spiro atoms. The van der Waals surface area contributed by atoms with Crippen LogP contribution < -0.4 is 0 Å². The Hall–Kier alpha value is -1.87. The summed E-state index contributed by atoms with van der Waals surface area (Å²) in [6.07, 6.45) is 2.29. The van der Waals surface area contributed by atoms with E-state index >= 15 is 0 Å². The number of hydrogen-bond donors (Lipinski definition) is 0. The molecule has 136 valence electrons. The zero-order chi connectivity index (χ0) is 18.3. The molecular formula is C22H32NO2+. The summed E-state index contributed by atoms with van der Waals surface area (Å²) in [5.74, 6) is -0.216. The smallest absolute Gasteiger partial charge is 0.338 e. The minimum atomic E-state index is -0.216. The third kappa shape index (κ3) is 4.40. The van der Waals surface area contributed by atoms with E-state index in [2.05, 4.69) is 27.7 Å². The van der Waals surface area contributed by atoms with E-state index < -0.39 is 0 Å². The van der Waals surface area contributed by atoms with Gasteiger partial charge in [-0.15, -0.1) is 0 Å². The van der Waals surface area contributed by atoms with Gasteiger partial charge in [0, 0.05) is 0 Å². The van der Waals surface area contributed by atoms with Crippen LogP contribution in [0.2, 0.25) is 0 Å². The van der Waals surface area contributed by atoms with E-state index in [1.54, 1.807) is 0 Å². The van der Waals surface area contributed by atoms with E-state index in [-0.39, 0.29) is 5.97 Å². The number of ether oxygens (including phenoxy) is 1. The molecule has 0 fully saturated rings. The predicted octanol–water partition coefficient (Wildman–Crippen LogP) is 5.04. The zero-order valence-corrected chi connectivity index (χ0v) is 16.1. The maximum atomic E-state index is 12.6. The van der Waals surface area contributed by atoms with Gasteiger partial charge in [0.15, 0.2) is 0 Å². The molecule has 0 saturated carbocycles. The van der Waals surface area contributed by atoms with Crippen molar-refractivity contribution >= 4 is 16.7 Å². The molecule has 0 aliphatic rings. The van der Waals surface area contributed by atoms with Crippen molar-refractivity contribution in [1.29, 1.82) is 0 Å². The number of esters is 1. The summed E-state index contributed by atoms with van der Waals surface area (Å²) in [5, 5.41) is 2.03. The van der Waals surface area contributed by atoms with Crippen LogP contribution in [0.15, 0.2) is 42.5 Å². The van der Waals surface area contributed by atoms with Crippen LogP contribution in [0.5, 0.6) is 0 Å². The number of nitrogens with zero attached hydrogens (tertiary/aromatic N) is 1. The molecular weight excluding hydrogens is 310 g/mol. The largest absolute Gasteiger partial charge is 0.456 e. The zero-order valence-electron chi connectivity index (χ0n) is 16.1. The van der Waals surface area contributed by atoms with Gasteiger partial charge < -0.3 is 9.22 Å². The lowest BCUT2D eigenvalue weighted by Crippen LogP contribution is -2.56. The van der Waals surface area contributed by atoms with E-state index in [1.165, 1.54) is 0 Å². The lowest BCUT2D eigenvalue weighted by Gasteiger charge is -2.42. The third-order valence-corrected chi connectivity index (χ3v) is 5.60. The first kappa shape index (κ1) is 19.5. The molecule has 2 unspecified atom stereocenters. The Kier molecular flexibility index (Phi) is 7.01. The Morgan fingerprint density at radius 3 is 2.44 bits per heavy atom. The standard InChI is InChI=1S/C22H32NO2/c1-5-15-23(7-3,18(4)6-2)16-17-25-22(24)21-14-10-12-19-11-8-9-13-20(19)21/h8-14,18H,5-7,15-17H2,1-4H3/q+1. The molecule has 2 atom stereocenters. The van der Waals surface area contributed by atoms with Crippen molar-refractivity contribution in [2.75, 3.05) is 26.2 Å². The Morgan fingerprint density at radius 2 is 1.76 bits per heavy atom. The molecule has 0 heterocycles. The Balaban J connectivity index is 2.08. The van der Waals surface area contributed by atoms with Gasteiger partial charge in [-0.25, -0.2) is 4.79 Å². The Labute approximate surface area is 152 Å². The first-order valence-electron chi connectivity index (χ1n) is 9.58. The second kappa shape index (κ2) is 9.00. The van der Waals surface area contributed by atoms with E-state index in [0.717, 1.165) is 47.7 Å². The first-order valence-corrected chi connectivity index (χ1v) is 9.58. The van der Waals surface area contributed by atoms with Crippen LogP contribution in [0.3, 0.4) is 0 Å². The number of carbonyl (C=O) groups is 1. The van der Waals surface area contributed by atoms with E-state index in [9.17, 15) is 4.79 Å². The average molecular weight is 343 g/mol. The van der Waals surface area contributed by atoms with Crippen molar-refractivity contribution in [2.24, 2.45) is 0 Å². The van der Waals surface area contributed by atoms with Gasteiger partial charge in [-0.1, -0.05) is 50.2 Å². The van der Waals surface area contributed by atoms with Crippen LogP contribution >= 0.6 is 0 Å². The monoisotopic (exact) mass is 342 g/mol. The van der Waals surface area contributed by atoms with Crippen LogP contribution in [-0.2, 0) is 4.74 Å². The SMILES string of the molecule is CCC[N+](CC)(CCOC(=O)c1cccc2ccccc12)C(C)CC. The summed E-state index contributed by atoms with van der Waals surface area (Å²) >= 11 is 0. The van der Waals surface area contributed by atoms with Gasteiger partial charge in [0.1, 0.15) is 13.2 Å². The van der Waals surface area contributed by atoms with Gasteiger partial charge in [-0.05, 0) is 43.5 Å². The van der Waals surface area contributed by atoms with Crippen LogP contribution in [0.25, 0.3) is 10.8 Å². The van der Waals surface area contributed by atoms with Crippen molar-refractivity contribution in [3.63, 3.8) is 0 Å². The highest BCUT2D eigenvalue weighted by Crippen LogP contribution is 2.20. The summed E-state index contributed by atoms with van der Waals surface area (Å²) in [6.45, 7) is 12.6. The fraction of sp³-hybridized carbons (Fsp3) is 0.500. The van der Waals surface area contributed by atoms with Crippen molar-refractivity contribution < 1.29 is 14.0 Å². The second-order valence-electron chi connectivity index (χ2n) is 6.90. The Bertz CT molecular complexity index is 692. The topological polar surface area (TPSA) is 26.3 Å². The van der Waals surface area contributed by atoms with Gasteiger partial charge in [0.2, 0.25) is 0 Å². The van der Waals surface area contributed by atoms with Crippen molar-refractivity contribution in [2.45, 2.75) is 46.6 Å². The highest BCUT2D eigenvalue weighted by molar-refractivity contribution is 6.04. The van der Waals surface area contributed by atoms with E-state index in [4.69, 9.17) is 4.74 Å². The van der Waals surface area contributed by atoms with Crippen molar-refractivity contribution in [3.05, 3.63) is 48.0 Å². The number of hydrogen-bond acceptors (Lipinski definition) is 2. The summed E-state index contributed by atoms with van der Waals surface area (Å²) in [6, 6.07) is 14.3. The normalized spacial score (nSPS) is 14.9. The molecule has 0 N–H and O–H groups in total. The summed E-state index contributed by atoms with van der Waals surface area (Å²) in [7, 11) is 0. The molecule has 0 saturated heterocycles. The number of rotatable bonds is 9. The van der Waals surface area contributed by atoms with Gasteiger partial charge in [-0.3, -0.25) is 0 Å². The predicted molar refractivity (Wildman–Crippen MR) is 105 cm³/mol. The molecule has 2 rings (SSSR count). The van der Waals surface area contributed by atoms with Crippen LogP contribution in [0.1, 0.15) is 50.9 Å². The van der Waals surface area contributed by atoms with Crippen molar-refractivity contribution in [1.82, 2.24) is 0 Å². The average Bonchev–Trinajstić information content (AvgIpc) is 2.66. The van der Waals surface area contributed by atoms with Crippen LogP contribution in [0, 0.1) is 0 Å². The lowest BCUT2D eigenvalue weighted by atomic mass is 10.0. The van der Waals surface area contributed by atoms with Crippen LogP contribution in [-0.4, -0.2) is 42.7 Å². The molecule has 2 aromatic rings. The molecule has 0 aromatic heterocycles.